The Labute approximate surface area is 200 Å². The van der Waals surface area contributed by atoms with E-state index in [-0.39, 0.29) is 37.1 Å². The molecule has 1 unspecified atom stereocenters. The standard InChI is InChI=1S/C23H33N3O6.ClH/c1-30-20-6-5-19(18-4-7-21(28)25-22(18)20)31-14-17(27)12-26-10-8-16(9-11-26)24-23(29)32-13-15-2-3-15;/h5-6,15-17,27H,2-4,7-14H2,1H3,(H,24,29)(H,25,28);1H. The van der Waals surface area contributed by atoms with Gasteiger partial charge in [-0.15, -0.1) is 12.4 Å². The first-order valence-electron chi connectivity index (χ1n) is 11.5. The molecule has 0 bridgehead atoms. The van der Waals surface area contributed by atoms with Gasteiger partial charge >= 0.3 is 6.09 Å². The van der Waals surface area contributed by atoms with E-state index in [0.29, 0.717) is 49.1 Å². The van der Waals surface area contributed by atoms with Crippen LogP contribution in [-0.2, 0) is 16.0 Å². The van der Waals surface area contributed by atoms with Gasteiger partial charge in [0.15, 0.2) is 0 Å². The number of fused-ring (bicyclic) bond motifs is 1. The summed E-state index contributed by atoms with van der Waals surface area (Å²) in [5.41, 5.74) is 1.55. The molecule has 4 rings (SSSR count). The zero-order valence-corrected chi connectivity index (χ0v) is 19.8. The van der Waals surface area contributed by atoms with E-state index in [1.54, 1.807) is 13.2 Å². The summed E-state index contributed by atoms with van der Waals surface area (Å²) in [5, 5.41) is 16.3. The number of likely N-dealkylation sites (tertiary alicyclic amines) is 1. The van der Waals surface area contributed by atoms with Crippen molar-refractivity contribution in [3.63, 3.8) is 0 Å². The lowest BCUT2D eigenvalue weighted by atomic mass is 10.0. The van der Waals surface area contributed by atoms with Crippen molar-refractivity contribution in [2.24, 2.45) is 5.92 Å². The molecule has 3 N–H and O–H groups in total. The lowest BCUT2D eigenvalue weighted by Gasteiger charge is -2.33. The fraction of sp³-hybridized carbons (Fsp3) is 0.652. The van der Waals surface area contributed by atoms with Crippen LogP contribution in [0.3, 0.4) is 0 Å². The Balaban J connectivity index is 0.00000306. The Morgan fingerprint density at radius 1 is 1.21 bits per heavy atom. The number of hydrogen-bond acceptors (Lipinski definition) is 7. The van der Waals surface area contributed by atoms with Crippen molar-refractivity contribution in [3.05, 3.63) is 17.7 Å². The summed E-state index contributed by atoms with van der Waals surface area (Å²) in [7, 11) is 1.57. The number of carbonyl (C=O) groups excluding carboxylic acids is 2. The van der Waals surface area contributed by atoms with Gasteiger partial charge in [0, 0.05) is 37.7 Å². The van der Waals surface area contributed by atoms with Crippen LogP contribution in [0, 0.1) is 5.92 Å². The number of benzene rings is 1. The molecule has 1 saturated carbocycles. The van der Waals surface area contributed by atoms with E-state index in [1.165, 1.54) is 0 Å². The van der Waals surface area contributed by atoms with Crippen molar-refractivity contribution >= 4 is 30.1 Å². The first-order chi connectivity index (χ1) is 15.5. The van der Waals surface area contributed by atoms with Crippen molar-refractivity contribution in [1.82, 2.24) is 10.2 Å². The minimum Gasteiger partial charge on any atom is -0.495 e. The zero-order chi connectivity index (χ0) is 22.5. The number of methoxy groups -OCH3 is 1. The normalized spacial score (nSPS) is 19.5. The number of hydrogen-bond donors (Lipinski definition) is 3. The summed E-state index contributed by atoms with van der Waals surface area (Å²) >= 11 is 0. The smallest absolute Gasteiger partial charge is 0.407 e. The molecular formula is C23H34ClN3O6. The lowest BCUT2D eigenvalue weighted by molar-refractivity contribution is -0.116. The number of amides is 2. The van der Waals surface area contributed by atoms with Crippen molar-refractivity contribution in [1.29, 1.82) is 0 Å². The molecule has 2 heterocycles. The molecule has 1 aromatic rings. The predicted octanol–water partition coefficient (Wildman–Crippen LogP) is 2.34. The van der Waals surface area contributed by atoms with Crippen LogP contribution in [0.2, 0.25) is 0 Å². The van der Waals surface area contributed by atoms with E-state index in [1.807, 2.05) is 6.07 Å². The average Bonchev–Trinajstić information content (AvgIpc) is 3.62. The van der Waals surface area contributed by atoms with Gasteiger partial charge in [0.25, 0.3) is 0 Å². The number of aliphatic hydroxyl groups excluding tert-OH is 1. The van der Waals surface area contributed by atoms with E-state index < -0.39 is 6.10 Å². The number of carbonyl (C=O) groups is 2. The van der Waals surface area contributed by atoms with E-state index in [4.69, 9.17) is 14.2 Å². The van der Waals surface area contributed by atoms with Gasteiger partial charge in [-0.2, -0.15) is 0 Å². The van der Waals surface area contributed by atoms with Gasteiger partial charge in [0.1, 0.15) is 24.2 Å². The molecule has 0 radical (unpaired) electrons. The maximum absolute atomic E-state index is 11.8. The van der Waals surface area contributed by atoms with Crippen LogP contribution >= 0.6 is 12.4 Å². The fourth-order valence-electron chi connectivity index (χ4n) is 4.22. The van der Waals surface area contributed by atoms with Gasteiger partial charge < -0.3 is 34.9 Å². The maximum Gasteiger partial charge on any atom is 0.407 e. The third-order valence-corrected chi connectivity index (χ3v) is 6.27. The molecule has 1 aromatic carbocycles. The molecule has 1 aliphatic carbocycles. The number of aliphatic hydroxyl groups is 1. The molecule has 0 spiro atoms. The summed E-state index contributed by atoms with van der Waals surface area (Å²) in [6, 6.07) is 3.70. The Morgan fingerprint density at radius 3 is 2.64 bits per heavy atom. The number of nitrogens with zero attached hydrogens (tertiary/aromatic N) is 1. The van der Waals surface area contributed by atoms with E-state index in [9.17, 15) is 14.7 Å². The summed E-state index contributed by atoms with van der Waals surface area (Å²) in [5.74, 6) is 1.79. The predicted molar refractivity (Wildman–Crippen MR) is 125 cm³/mol. The molecule has 1 atom stereocenters. The number of alkyl carbamates (subject to hydrolysis) is 1. The minimum absolute atomic E-state index is 0. The van der Waals surface area contributed by atoms with Crippen molar-refractivity contribution in [3.8, 4) is 11.5 Å². The zero-order valence-electron chi connectivity index (χ0n) is 19.0. The van der Waals surface area contributed by atoms with Crippen LogP contribution in [0.5, 0.6) is 11.5 Å². The first-order valence-corrected chi connectivity index (χ1v) is 11.5. The van der Waals surface area contributed by atoms with Gasteiger partial charge in [0.2, 0.25) is 5.91 Å². The molecule has 10 heteroatoms. The third kappa shape index (κ3) is 7.12. The molecule has 33 heavy (non-hydrogen) atoms. The molecule has 184 valence electrons. The lowest BCUT2D eigenvalue weighted by Crippen LogP contribution is -2.47. The molecule has 9 nitrogen and oxygen atoms in total. The van der Waals surface area contributed by atoms with Gasteiger partial charge in [-0.25, -0.2) is 4.79 Å². The molecule has 2 amide bonds. The molecule has 1 saturated heterocycles. The van der Waals surface area contributed by atoms with Gasteiger partial charge in [-0.05, 0) is 50.2 Å². The first kappa shape index (κ1) is 25.4. The Morgan fingerprint density at radius 2 is 1.94 bits per heavy atom. The number of anilines is 1. The number of β-amino-alcohol motifs (C(OH)–C–C–N with tert-alkyl or cyclic N) is 1. The molecule has 0 aromatic heterocycles. The second kappa shape index (κ2) is 11.8. The molecule has 2 aliphatic heterocycles. The van der Waals surface area contributed by atoms with Crippen LogP contribution in [0.25, 0.3) is 0 Å². The Hall–Kier alpha value is -2.23. The van der Waals surface area contributed by atoms with Gasteiger partial charge in [-0.3, -0.25) is 4.79 Å². The van der Waals surface area contributed by atoms with Crippen LogP contribution in [-0.4, -0.2) is 74.1 Å². The SMILES string of the molecule is COc1ccc(OCC(O)CN2CCC(NC(=O)OCC3CC3)CC2)c2c1NC(=O)CC2.Cl. The summed E-state index contributed by atoms with van der Waals surface area (Å²) in [4.78, 5) is 25.8. The number of piperidine rings is 1. The summed E-state index contributed by atoms with van der Waals surface area (Å²) in [6.07, 6.45) is 4.01. The molecule has 2 fully saturated rings. The minimum atomic E-state index is -0.640. The van der Waals surface area contributed by atoms with E-state index in [2.05, 4.69) is 15.5 Å². The fourth-order valence-corrected chi connectivity index (χ4v) is 4.22. The quantitative estimate of drug-likeness (QED) is 0.494. The number of ether oxygens (including phenoxy) is 3. The van der Waals surface area contributed by atoms with Crippen LogP contribution in [0.4, 0.5) is 10.5 Å². The maximum atomic E-state index is 11.8. The van der Waals surface area contributed by atoms with Crippen molar-refractivity contribution in [2.45, 2.75) is 50.7 Å². The van der Waals surface area contributed by atoms with E-state index in [0.717, 1.165) is 44.3 Å². The topological polar surface area (TPSA) is 109 Å². The highest BCUT2D eigenvalue weighted by molar-refractivity contribution is 5.96. The van der Waals surface area contributed by atoms with Crippen molar-refractivity contribution in [2.75, 3.05) is 45.3 Å². The number of rotatable bonds is 9. The van der Waals surface area contributed by atoms with Crippen LogP contribution < -0.4 is 20.1 Å². The molecular weight excluding hydrogens is 450 g/mol. The monoisotopic (exact) mass is 483 g/mol. The third-order valence-electron chi connectivity index (χ3n) is 6.27. The number of nitrogens with one attached hydrogen (secondary N) is 2. The van der Waals surface area contributed by atoms with Crippen LogP contribution in [0.1, 0.15) is 37.7 Å². The summed E-state index contributed by atoms with van der Waals surface area (Å²) in [6.45, 7) is 2.80. The van der Waals surface area contributed by atoms with Crippen molar-refractivity contribution < 1.29 is 28.9 Å². The van der Waals surface area contributed by atoms with E-state index >= 15 is 0 Å². The highest BCUT2D eigenvalue weighted by atomic mass is 35.5. The largest absolute Gasteiger partial charge is 0.495 e. The van der Waals surface area contributed by atoms with Gasteiger partial charge in [0.05, 0.1) is 19.4 Å². The second-order valence-corrected chi connectivity index (χ2v) is 8.89. The summed E-state index contributed by atoms with van der Waals surface area (Å²) < 4.78 is 16.5. The Bertz CT molecular complexity index is 827. The molecule has 3 aliphatic rings. The second-order valence-electron chi connectivity index (χ2n) is 8.89. The highest BCUT2D eigenvalue weighted by Gasteiger charge is 2.26. The Kier molecular flexibility index (Phi) is 9.05. The number of halogens is 1. The van der Waals surface area contributed by atoms with Gasteiger partial charge in [-0.1, -0.05) is 0 Å². The van der Waals surface area contributed by atoms with Crippen LogP contribution in [0.15, 0.2) is 12.1 Å². The highest BCUT2D eigenvalue weighted by Crippen LogP contribution is 2.38. The average molecular weight is 484 g/mol.